The molecule has 0 unspecified atom stereocenters. The van der Waals surface area contributed by atoms with Gasteiger partial charge in [-0.2, -0.15) is 0 Å². The minimum Gasteiger partial charge on any atom is -0.479 e. The lowest BCUT2D eigenvalue weighted by atomic mass is 9.87. The predicted molar refractivity (Wildman–Crippen MR) is 77.1 cm³/mol. The number of benzene rings is 1. The molecule has 1 saturated heterocycles. The Bertz CT molecular complexity index is 714. The number of piperidine rings is 1. The normalized spacial score (nSPS) is 18.7. The first-order chi connectivity index (χ1) is 10.2. The summed E-state index contributed by atoms with van der Waals surface area (Å²) in [7, 11) is 0. The van der Waals surface area contributed by atoms with Crippen LogP contribution < -0.4 is 10.1 Å². The number of rotatable bonds is 1. The first kappa shape index (κ1) is 12.5. The van der Waals surface area contributed by atoms with Crippen LogP contribution in [0, 0.1) is 0 Å². The van der Waals surface area contributed by atoms with E-state index in [4.69, 9.17) is 4.74 Å². The number of ether oxygens (including phenoxy) is 1. The number of hydrogen-bond acceptors (Lipinski definition) is 3. The molecule has 2 aromatic rings. The number of carboxylic acids is 1. The standard InChI is InChI=1S/C16H16N2O3/c19-15(20)11-3-4-12-13(10-11)21-16(5-7-17-8-6-16)14-2-1-9-18(12)14/h1-4,9-10,17H,5-8H2,(H,19,20). The van der Waals surface area contributed by atoms with Crippen LogP contribution in [0.15, 0.2) is 36.5 Å². The lowest BCUT2D eigenvalue weighted by Crippen LogP contribution is -2.46. The SMILES string of the molecule is O=C(O)c1ccc2c(c1)OC1(CCNCC1)c1cccn1-2. The molecule has 2 aliphatic rings. The van der Waals surface area contributed by atoms with Crippen LogP contribution in [0.5, 0.6) is 5.75 Å². The monoisotopic (exact) mass is 284 g/mol. The molecule has 0 amide bonds. The second kappa shape index (κ2) is 4.36. The predicted octanol–water partition coefficient (Wildman–Crippen LogP) is 2.15. The molecule has 1 spiro atoms. The minimum atomic E-state index is -0.931. The lowest BCUT2D eigenvalue weighted by molar-refractivity contribution is 0.0201. The largest absolute Gasteiger partial charge is 0.479 e. The van der Waals surface area contributed by atoms with Crippen molar-refractivity contribution < 1.29 is 14.6 Å². The fourth-order valence-corrected chi connectivity index (χ4v) is 3.34. The highest BCUT2D eigenvalue weighted by molar-refractivity contribution is 5.88. The Labute approximate surface area is 122 Å². The lowest BCUT2D eigenvalue weighted by Gasteiger charge is -2.42. The Morgan fingerprint density at radius 2 is 2.10 bits per heavy atom. The highest BCUT2D eigenvalue weighted by atomic mass is 16.5. The van der Waals surface area contributed by atoms with Crippen molar-refractivity contribution in [3.8, 4) is 11.4 Å². The van der Waals surface area contributed by atoms with Crippen LogP contribution in [0.2, 0.25) is 0 Å². The van der Waals surface area contributed by atoms with E-state index in [0.29, 0.717) is 5.75 Å². The van der Waals surface area contributed by atoms with Gasteiger partial charge in [-0.3, -0.25) is 0 Å². The number of nitrogens with zero attached hydrogens (tertiary/aromatic N) is 1. The van der Waals surface area contributed by atoms with Gasteiger partial charge in [-0.1, -0.05) is 0 Å². The number of aromatic nitrogens is 1. The molecule has 2 N–H and O–H groups in total. The van der Waals surface area contributed by atoms with Crippen LogP contribution in [0.4, 0.5) is 0 Å². The molecule has 2 aliphatic heterocycles. The summed E-state index contributed by atoms with van der Waals surface area (Å²) >= 11 is 0. The molecular formula is C16H16N2O3. The molecule has 0 aliphatic carbocycles. The number of carbonyl (C=O) groups is 1. The van der Waals surface area contributed by atoms with Crippen molar-refractivity contribution in [3.63, 3.8) is 0 Å². The maximum atomic E-state index is 11.2. The van der Waals surface area contributed by atoms with Gasteiger partial charge in [-0.25, -0.2) is 4.79 Å². The second-order valence-corrected chi connectivity index (χ2v) is 5.60. The molecule has 1 aromatic carbocycles. The van der Waals surface area contributed by atoms with E-state index in [1.165, 1.54) is 0 Å². The Morgan fingerprint density at radius 1 is 1.29 bits per heavy atom. The molecule has 108 valence electrons. The summed E-state index contributed by atoms with van der Waals surface area (Å²) in [6, 6.07) is 9.18. The summed E-state index contributed by atoms with van der Waals surface area (Å²) in [5.74, 6) is -0.278. The molecule has 0 radical (unpaired) electrons. The molecule has 1 fully saturated rings. The molecular weight excluding hydrogens is 268 g/mol. The minimum absolute atomic E-state index is 0.258. The summed E-state index contributed by atoms with van der Waals surface area (Å²) in [6.45, 7) is 1.80. The third-order valence-electron chi connectivity index (χ3n) is 4.40. The molecule has 1 aromatic heterocycles. The Kier molecular flexibility index (Phi) is 2.59. The van der Waals surface area contributed by atoms with Gasteiger partial charge in [0.1, 0.15) is 5.75 Å². The molecule has 0 bridgehead atoms. The van der Waals surface area contributed by atoms with E-state index in [9.17, 15) is 9.90 Å². The Hall–Kier alpha value is -2.27. The number of nitrogens with one attached hydrogen (secondary N) is 1. The topological polar surface area (TPSA) is 63.5 Å². The van der Waals surface area contributed by atoms with Crippen molar-refractivity contribution in [1.29, 1.82) is 0 Å². The van der Waals surface area contributed by atoms with Crippen molar-refractivity contribution in [1.82, 2.24) is 9.88 Å². The van der Waals surface area contributed by atoms with Gasteiger partial charge < -0.3 is 19.7 Å². The van der Waals surface area contributed by atoms with E-state index in [1.54, 1.807) is 12.1 Å². The van der Waals surface area contributed by atoms with E-state index in [2.05, 4.69) is 16.0 Å². The summed E-state index contributed by atoms with van der Waals surface area (Å²) in [4.78, 5) is 11.2. The molecule has 0 atom stereocenters. The maximum Gasteiger partial charge on any atom is 0.335 e. The molecule has 0 saturated carbocycles. The quantitative estimate of drug-likeness (QED) is 0.842. The number of aromatic carboxylic acids is 1. The zero-order chi connectivity index (χ0) is 14.4. The van der Waals surface area contributed by atoms with Gasteiger partial charge in [0.25, 0.3) is 0 Å². The van der Waals surface area contributed by atoms with Gasteiger partial charge in [0, 0.05) is 19.0 Å². The second-order valence-electron chi connectivity index (χ2n) is 5.60. The Balaban J connectivity index is 1.88. The van der Waals surface area contributed by atoms with E-state index in [1.807, 2.05) is 18.3 Å². The van der Waals surface area contributed by atoms with E-state index in [0.717, 1.165) is 37.3 Å². The van der Waals surface area contributed by atoms with E-state index in [-0.39, 0.29) is 11.2 Å². The number of carboxylic acid groups (broad SMARTS) is 1. The maximum absolute atomic E-state index is 11.2. The van der Waals surface area contributed by atoms with Gasteiger partial charge in [0.05, 0.1) is 16.9 Å². The molecule has 5 heteroatoms. The summed E-state index contributed by atoms with van der Waals surface area (Å²) in [5.41, 5.74) is 1.97. The van der Waals surface area contributed by atoms with Crippen LogP contribution >= 0.6 is 0 Å². The molecule has 4 rings (SSSR count). The first-order valence-corrected chi connectivity index (χ1v) is 7.15. The zero-order valence-corrected chi connectivity index (χ0v) is 11.5. The Morgan fingerprint density at radius 3 is 2.86 bits per heavy atom. The fraction of sp³-hybridized carbons (Fsp3) is 0.312. The van der Waals surface area contributed by atoms with Crippen molar-refractivity contribution >= 4 is 5.97 Å². The van der Waals surface area contributed by atoms with Crippen molar-refractivity contribution in [3.05, 3.63) is 47.8 Å². The summed E-state index contributed by atoms with van der Waals surface area (Å²) < 4.78 is 8.43. The van der Waals surface area contributed by atoms with Crippen LogP contribution in [-0.4, -0.2) is 28.7 Å². The average Bonchev–Trinajstić information content (AvgIpc) is 2.98. The van der Waals surface area contributed by atoms with E-state index >= 15 is 0 Å². The van der Waals surface area contributed by atoms with Gasteiger partial charge in [0.15, 0.2) is 5.60 Å². The van der Waals surface area contributed by atoms with Crippen molar-refractivity contribution in [2.75, 3.05) is 13.1 Å². The van der Waals surface area contributed by atoms with Crippen LogP contribution in [0.1, 0.15) is 28.9 Å². The van der Waals surface area contributed by atoms with E-state index < -0.39 is 5.97 Å². The third-order valence-corrected chi connectivity index (χ3v) is 4.40. The highest BCUT2D eigenvalue weighted by Crippen LogP contribution is 2.44. The van der Waals surface area contributed by atoms with Gasteiger partial charge in [0.2, 0.25) is 0 Å². The van der Waals surface area contributed by atoms with Gasteiger partial charge in [-0.15, -0.1) is 0 Å². The van der Waals surface area contributed by atoms with Gasteiger partial charge >= 0.3 is 5.97 Å². The van der Waals surface area contributed by atoms with Crippen LogP contribution in [-0.2, 0) is 5.60 Å². The average molecular weight is 284 g/mol. The molecule has 3 heterocycles. The fourth-order valence-electron chi connectivity index (χ4n) is 3.34. The number of hydrogen-bond donors (Lipinski definition) is 2. The summed E-state index contributed by atoms with van der Waals surface area (Å²) in [6.07, 6.45) is 3.78. The van der Waals surface area contributed by atoms with Crippen LogP contribution in [0.25, 0.3) is 5.69 Å². The third kappa shape index (κ3) is 1.77. The summed E-state index contributed by atoms with van der Waals surface area (Å²) in [5, 5.41) is 12.5. The number of fused-ring (bicyclic) bond motifs is 4. The van der Waals surface area contributed by atoms with Crippen molar-refractivity contribution in [2.24, 2.45) is 0 Å². The molecule has 21 heavy (non-hydrogen) atoms. The van der Waals surface area contributed by atoms with Gasteiger partial charge in [-0.05, 0) is 43.4 Å². The smallest absolute Gasteiger partial charge is 0.335 e. The molecule has 5 nitrogen and oxygen atoms in total. The zero-order valence-electron chi connectivity index (χ0n) is 11.5. The van der Waals surface area contributed by atoms with Crippen LogP contribution in [0.3, 0.4) is 0 Å². The highest BCUT2D eigenvalue weighted by Gasteiger charge is 2.42. The van der Waals surface area contributed by atoms with Crippen molar-refractivity contribution in [2.45, 2.75) is 18.4 Å². The first-order valence-electron chi connectivity index (χ1n) is 7.15.